The summed E-state index contributed by atoms with van der Waals surface area (Å²) in [5.41, 5.74) is 1.92. The Morgan fingerprint density at radius 3 is 2.15 bits per heavy atom. The van der Waals surface area contributed by atoms with Crippen LogP contribution >= 0.6 is 0 Å². The molecule has 0 radical (unpaired) electrons. The lowest BCUT2D eigenvalue weighted by Gasteiger charge is -2.24. The molecular weight excluding hydrogens is 272 g/mol. The number of hydrogen-bond acceptors (Lipinski definition) is 3. The van der Waals surface area contributed by atoms with Crippen LogP contribution in [0.5, 0.6) is 0 Å². The molecule has 1 aromatic rings. The summed E-state index contributed by atoms with van der Waals surface area (Å²) in [4.78, 5) is 2.41. The Labute approximate surface area is 123 Å². The molecule has 0 heterocycles. The lowest BCUT2D eigenvalue weighted by atomic mass is 10.1. The van der Waals surface area contributed by atoms with Gasteiger partial charge in [-0.05, 0) is 57.6 Å². The normalized spacial score (nSPS) is 13.7. The molecule has 0 unspecified atom stereocenters. The van der Waals surface area contributed by atoms with E-state index in [0.717, 1.165) is 24.0 Å². The summed E-state index contributed by atoms with van der Waals surface area (Å²) in [6, 6.07) is 5.61. The van der Waals surface area contributed by atoms with Crippen molar-refractivity contribution < 1.29 is 8.42 Å². The van der Waals surface area contributed by atoms with Crippen LogP contribution in [0.4, 0.5) is 0 Å². The van der Waals surface area contributed by atoms with E-state index < -0.39 is 10.0 Å². The smallest absolute Gasteiger partial charge is 0.240 e. The highest BCUT2D eigenvalue weighted by molar-refractivity contribution is 7.89. The summed E-state index contributed by atoms with van der Waals surface area (Å²) in [5, 5.41) is 0. The van der Waals surface area contributed by atoms with Crippen molar-refractivity contribution in [3.05, 3.63) is 29.3 Å². The minimum absolute atomic E-state index is 0.223. The third-order valence-corrected chi connectivity index (χ3v) is 4.77. The van der Waals surface area contributed by atoms with Crippen molar-refractivity contribution in [1.82, 2.24) is 9.62 Å². The number of nitrogens with zero attached hydrogens (tertiary/aromatic N) is 1. The third-order valence-electron chi connectivity index (χ3n) is 3.37. The van der Waals surface area contributed by atoms with Crippen LogP contribution in [-0.2, 0) is 10.0 Å². The zero-order valence-electron chi connectivity index (χ0n) is 13.1. The van der Waals surface area contributed by atoms with Crippen molar-refractivity contribution in [2.45, 2.75) is 44.6 Å². The maximum absolute atomic E-state index is 12.3. The topological polar surface area (TPSA) is 49.4 Å². The fourth-order valence-corrected chi connectivity index (χ4v) is 3.51. The summed E-state index contributed by atoms with van der Waals surface area (Å²) < 4.78 is 27.4. The van der Waals surface area contributed by atoms with Crippen LogP contribution in [-0.4, -0.2) is 40.0 Å². The van der Waals surface area contributed by atoms with Crippen molar-refractivity contribution in [1.29, 1.82) is 0 Å². The van der Waals surface area contributed by atoms with Gasteiger partial charge in [0, 0.05) is 12.6 Å². The number of sulfonamides is 1. The molecule has 0 fully saturated rings. The molecule has 0 aliphatic rings. The fourth-order valence-electron chi connectivity index (χ4n) is 2.25. The molecule has 20 heavy (non-hydrogen) atoms. The van der Waals surface area contributed by atoms with E-state index in [2.05, 4.69) is 16.5 Å². The molecule has 5 heteroatoms. The third kappa shape index (κ3) is 4.89. The average molecular weight is 298 g/mol. The number of benzene rings is 1. The van der Waals surface area contributed by atoms with Gasteiger partial charge >= 0.3 is 0 Å². The monoisotopic (exact) mass is 298 g/mol. The molecule has 0 aliphatic carbocycles. The molecule has 0 saturated carbocycles. The van der Waals surface area contributed by atoms with Crippen molar-refractivity contribution in [3.8, 4) is 0 Å². The van der Waals surface area contributed by atoms with Gasteiger partial charge in [-0.3, -0.25) is 0 Å². The minimum Gasteiger partial charge on any atom is -0.305 e. The van der Waals surface area contributed by atoms with Gasteiger partial charge < -0.3 is 4.90 Å². The summed E-state index contributed by atoms with van der Waals surface area (Å²) >= 11 is 0. The van der Waals surface area contributed by atoms with E-state index in [1.54, 1.807) is 12.1 Å². The standard InChI is InChI=1S/C15H26N2O2S/c1-6-7-14(17(4)5)11-16-20(18,19)15-9-12(2)8-13(3)10-15/h8-10,14,16H,6-7,11H2,1-5H3/t14-/m1/s1. The maximum atomic E-state index is 12.3. The molecule has 1 aromatic carbocycles. The van der Waals surface area contributed by atoms with Crippen molar-refractivity contribution in [3.63, 3.8) is 0 Å². The van der Waals surface area contributed by atoms with Gasteiger partial charge in [-0.1, -0.05) is 19.4 Å². The lowest BCUT2D eigenvalue weighted by molar-refractivity contribution is 0.277. The number of aryl methyl sites for hydroxylation is 2. The summed E-state index contributed by atoms with van der Waals surface area (Å²) in [6.07, 6.45) is 2.01. The van der Waals surface area contributed by atoms with Gasteiger partial charge in [-0.2, -0.15) is 0 Å². The molecule has 0 aliphatic heterocycles. The van der Waals surface area contributed by atoms with Crippen LogP contribution < -0.4 is 4.72 Å². The van der Waals surface area contributed by atoms with Crippen LogP contribution in [0.3, 0.4) is 0 Å². The summed E-state index contributed by atoms with van der Waals surface area (Å²) in [7, 11) is 0.526. The zero-order chi connectivity index (χ0) is 15.3. The van der Waals surface area contributed by atoms with Gasteiger partial charge in [-0.25, -0.2) is 13.1 Å². The van der Waals surface area contributed by atoms with E-state index in [1.807, 2.05) is 34.0 Å². The van der Waals surface area contributed by atoms with Gasteiger partial charge in [0.2, 0.25) is 10.0 Å². The van der Waals surface area contributed by atoms with Gasteiger partial charge in [-0.15, -0.1) is 0 Å². The first-order valence-corrected chi connectivity index (χ1v) is 8.49. The summed E-state index contributed by atoms with van der Waals surface area (Å²) in [6.45, 7) is 6.36. The van der Waals surface area contributed by atoms with Crippen LogP contribution in [0.1, 0.15) is 30.9 Å². The number of nitrogens with one attached hydrogen (secondary N) is 1. The SMILES string of the molecule is CCC[C@H](CNS(=O)(=O)c1cc(C)cc(C)c1)N(C)C. The van der Waals surface area contributed by atoms with E-state index >= 15 is 0 Å². The van der Waals surface area contributed by atoms with Crippen LogP contribution in [0.2, 0.25) is 0 Å². The van der Waals surface area contributed by atoms with Crippen molar-refractivity contribution in [2.24, 2.45) is 0 Å². The number of rotatable bonds is 7. The Balaban J connectivity index is 2.84. The number of hydrogen-bond donors (Lipinski definition) is 1. The Hall–Kier alpha value is -0.910. The quantitative estimate of drug-likeness (QED) is 0.840. The van der Waals surface area contributed by atoms with Gasteiger partial charge in [0.1, 0.15) is 0 Å². The molecule has 1 N–H and O–H groups in total. The Morgan fingerprint density at radius 2 is 1.70 bits per heavy atom. The van der Waals surface area contributed by atoms with E-state index in [4.69, 9.17) is 0 Å². The van der Waals surface area contributed by atoms with E-state index in [0.29, 0.717) is 11.4 Å². The Morgan fingerprint density at radius 1 is 1.15 bits per heavy atom. The fraction of sp³-hybridized carbons (Fsp3) is 0.600. The predicted octanol–water partition coefficient (Wildman–Crippen LogP) is 2.31. The molecule has 4 nitrogen and oxygen atoms in total. The maximum Gasteiger partial charge on any atom is 0.240 e. The molecule has 0 bridgehead atoms. The first kappa shape index (κ1) is 17.1. The Bertz CT molecular complexity index is 519. The van der Waals surface area contributed by atoms with Crippen LogP contribution in [0.25, 0.3) is 0 Å². The molecule has 0 spiro atoms. The second-order valence-electron chi connectivity index (χ2n) is 5.58. The average Bonchev–Trinajstić information content (AvgIpc) is 2.32. The summed E-state index contributed by atoms with van der Waals surface area (Å²) in [5.74, 6) is 0. The van der Waals surface area contributed by atoms with Gasteiger partial charge in [0.05, 0.1) is 4.90 Å². The van der Waals surface area contributed by atoms with E-state index in [1.165, 1.54) is 0 Å². The second kappa shape index (κ2) is 7.20. The highest BCUT2D eigenvalue weighted by Crippen LogP contribution is 2.14. The minimum atomic E-state index is -3.43. The van der Waals surface area contributed by atoms with Crippen LogP contribution in [0.15, 0.2) is 23.1 Å². The van der Waals surface area contributed by atoms with E-state index in [-0.39, 0.29) is 6.04 Å². The molecule has 1 atom stereocenters. The number of likely N-dealkylation sites (N-methyl/N-ethyl adjacent to an activating group) is 1. The molecule has 0 amide bonds. The highest BCUT2D eigenvalue weighted by Gasteiger charge is 2.18. The molecular formula is C15H26N2O2S. The Kier molecular flexibility index (Phi) is 6.17. The van der Waals surface area contributed by atoms with E-state index in [9.17, 15) is 8.42 Å². The molecule has 114 valence electrons. The van der Waals surface area contributed by atoms with Gasteiger partial charge in [0.15, 0.2) is 0 Å². The second-order valence-corrected chi connectivity index (χ2v) is 7.35. The zero-order valence-corrected chi connectivity index (χ0v) is 13.9. The predicted molar refractivity (Wildman–Crippen MR) is 83.5 cm³/mol. The first-order chi connectivity index (χ1) is 9.26. The lowest BCUT2D eigenvalue weighted by Crippen LogP contribution is -2.40. The molecule has 1 rings (SSSR count). The highest BCUT2D eigenvalue weighted by atomic mass is 32.2. The van der Waals surface area contributed by atoms with Gasteiger partial charge in [0.25, 0.3) is 0 Å². The molecule has 0 aromatic heterocycles. The van der Waals surface area contributed by atoms with Crippen molar-refractivity contribution in [2.75, 3.05) is 20.6 Å². The van der Waals surface area contributed by atoms with Crippen molar-refractivity contribution >= 4 is 10.0 Å². The first-order valence-electron chi connectivity index (χ1n) is 7.00. The largest absolute Gasteiger partial charge is 0.305 e. The van der Waals surface area contributed by atoms with Crippen LogP contribution in [0, 0.1) is 13.8 Å². The molecule has 0 saturated heterocycles.